The zero-order chi connectivity index (χ0) is 14.8. The minimum absolute atomic E-state index is 0.0684. The van der Waals surface area contributed by atoms with Crippen molar-refractivity contribution in [3.63, 3.8) is 0 Å². The Balaban J connectivity index is 1.74. The van der Waals surface area contributed by atoms with Gasteiger partial charge in [0.15, 0.2) is 5.11 Å². The molecule has 2 nitrogen and oxygen atoms in total. The first-order valence-electron chi connectivity index (χ1n) is 6.71. The summed E-state index contributed by atoms with van der Waals surface area (Å²) in [5.74, 6) is -1.01. The lowest BCUT2D eigenvalue weighted by atomic mass is 10.0. The fourth-order valence-corrected chi connectivity index (χ4v) is 2.72. The van der Waals surface area contributed by atoms with Crippen LogP contribution in [0.2, 0.25) is 0 Å². The molecule has 0 spiro atoms. The highest BCUT2D eigenvalue weighted by molar-refractivity contribution is 7.80. The van der Waals surface area contributed by atoms with Gasteiger partial charge in [-0.05, 0) is 41.9 Å². The lowest BCUT2D eigenvalue weighted by Crippen LogP contribution is -2.38. The zero-order valence-corrected chi connectivity index (χ0v) is 12.1. The number of benzene rings is 2. The van der Waals surface area contributed by atoms with Gasteiger partial charge in [-0.2, -0.15) is 0 Å². The van der Waals surface area contributed by atoms with Gasteiger partial charge < -0.3 is 10.2 Å². The molecule has 0 saturated carbocycles. The lowest BCUT2D eigenvalue weighted by molar-refractivity contribution is 0.399. The van der Waals surface area contributed by atoms with Gasteiger partial charge in [0.1, 0.15) is 11.6 Å². The summed E-state index contributed by atoms with van der Waals surface area (Å²) < 4.78 is 26.8. The van der Waals surface area contributed by atoms with Gasteiger partial charge in [-0.25, -0.2) is 8.78 Å². The van der Waals surface area contributed by atoms with E-state index in [0.717, 1.165) is 31.2 Å². The molecule has 108 valence electrons. The third kappa shape index (κ3) is 3.03. The van der Waals surface area contributed by atoms with Crippen molar-refractivity contribution >= 4 is 23.0 Å². The molecule has 0 aromatic heterocycles. The molecule has 0 radical (unpaired) electrons. The Morgan fingerprint density at radius 2 is 1.86 bits per heavy atom. The van der Waals surface area contributed by atoms with Crippen molar-refractivity contribution < 1.29 is 8.78 Å². The number of nitrogens with one attached hydrogen (secondary N) is 1. The molecule has 5 heteroatoms. The number of hydrogen-bond donors (Lipinski definition) is 1. The summed E-state index contributed by atoms with van der Waals surface area (Å²) in [7, 11) is 0. The van der Waals surface area contributed by atoms with E-state index in [0.29, 0.717) is 11.7 Å². The smallest absolute Gasteiger partial charge is 0.173 e. The molecule has 21 heavy (non-hydrogen) atoms. The van der Waals surface area contributed by atoms with Crippen molar-refractivity contribution in [3.05, 3.63) is 65.2 Å². The zero-order valence-electron chi connectivity index (χ0n) is 11.3. The van der Waals surface area contributed by atoms with Crippen LogP contribution in [-0.4, -0.2) is 16.6 Å². The predicted octanol–water partition coefficient (Wildman–Crippen LogP) is 3.72. The minimum atomic E-state index is -0.517. The minimum Gasteiger partial charge on any atom is -0.344 e. The normalized spacial score (nSPS) is 13.7. The van der Waals surface area contributed by atoms with Crippen LogP contribution in [0.4, 0.5) is 14.5 Å². The van der Waals surface area contributed by atoms with Gasteiger partial charge >= 0.3 is 0 Å². The molecule has 2 aromatic rings. The molecule has 0 aliphatic carbocycles. The van der Waals surface area contributed by atoms with E-state index < -0.39 is 11.6 Å². The highest BCUT2D eigenvalue weighted by Gasteiger charge is 2.18. The number of halogens is 2. The first-order valence-corrected chi connectivity index (χ1v) is 7.12. The second-order valence-corrected chi connectivity index (χ2v) is 5.38. The van der Waals surface area contributed by atoms with Crippen molar-refractivity contribution in [2.24, 2.45) is 0 Å². The van der Waals surface area contributed by atoms with Crippen molar-refractivity contribution in [2.75, 3.05) is 11.9 Å². The Bertz CT molecular complexity index is 688. The average molecular weight is 304 g/mol. The van der Waals surface area contributed by atoms with Crippen LogP contribution in [0.1, 0.15) is 11.1 Å². The molecule has 0 bridgehead atoms. The lowest BCUT2D eigenvalue weighted by Gasteiger charge is -2.31. The van der Waals surface area contributed by atoms with Crippen LogP contribution in [0.25, 0.3) is 0 Å². The van der Waals surface area contributed by atoms with Crippen LogP contribution in [-0.2, 0) is 13.0 Å². The molecule has 2 aromatic carbocycles. The number of anilines is 1. The third-order valence-corrected chi connectivity index (χ3v) is 3.95. The van der Waals surface area contributed by atoms with E-state index >= 15 is 0 Å². The first kappa shape index (κ1) is 13.9. The Kier molecular flexibility index (Phi) is 3.84. The SMILES string of the molecule is Fc1ccc(F)c(NC(=S)N2CCc3ccccc3C2)c1. The van der Waals surface area contributed by atoms with Gasteiger partial charge in [-0.3, -0.25) is 0 Å². The molecule has 1 aliphatic heterocycles. The van der Waals surface area contributed by atoms with E-state index in [9.17, 15) is 8.78 Å². The molecule has 1 aliphatic rings. The predicted molar refractivity (Wildman–Crippen MR) is 83.1 cm³/mol. The summed E-state index contributed by atoms with van der Waals surface area (Å²) >= 11 is 5.31. The summed E-state index contributed by atoms with van der Waals surface area (Å²) in [6.45, 7) is 1.44. The van der Waals surface area contributed by atoms with E-state index in [1.54, 1.807) is 0 Å². The second-order valence-electron chi connectivity index (χ2n) is 4.99. The standard InChI is InChI=1S/C16H14F2N2S/c17-13-5-6-14(18)15(9-13)19-16(21)20-8-7-11-3-1-2-4-12(11)10-20/h1-6,9H,7-8,10H2,(H,19,21). The quantitative estimate of drug-likeness (QED) is 0.808. The maximum absolute atomic E-state index is 13.6. The van der Waals surface area contributed by atoms with Gasteiger partial charge in [-0.1, -0.05) is 24.3 Å². The highest BCUT2D eigenvalue weighted by atomic mass is 32.1. The molecule has 0 atom stereocenters. The summed E-state index contributed by atoms with van der Waals surface area (Å²) in [6.07, 6.45) is 0.892. The number of nitrogens with zero attached hydrogens (tertiary/aromatic N) is 1. The maximum Gasteiger partial charge on any atom is 0.173 e. The molecule has 0 amide bonds. The van der Waals surface area contributed by atoms with Crippen molar-refractivity contribution in [2.45, 2.75) is 13.0 Å². The fourth-order valence-electron chi connectivity index (χ4n) is 2.46. The molecule has 1 N–H and O–H groups in total. The maximum atomic E-state index is 13.6. The van der Waals surface area contributed by atoms with Crippen LogP contribution >= 0.6 is 12.2 Å². The molecule has 0 fully saturated rings. The fraction of sp³-hybridized carbons (Fsp3) is 0.188. The average Bonchev–Trinajstić information content (AvgIpc) is 2.50. The Labute approximate surface area is 127 Å². The van der Waals surface area contributed by atoms with Gasteiger partial charge in [0, 0.05) is 19.2 Å². The first-order chi connectivity index (χ1) is 10.1. The Hall–Kier alpha value is -2.01. The molecule has 1 heterocycles. The summed E-state index contributed by atoms with van der Waals surface area (Å²) in [5, 5.41) is 3.21. The highest BCUT2D eigenvalue weighted by Crippen LogP contribution is 2.21. The van der Waals surface area contributed by atoms with Crippen LogP contribution in [0.3, 0.4) is 0 Å². The van der Waals surface area contributed by atoms with Gasteiger partial charge in [-0.15, -0.1) is 0 Å². The van der Waals surface area contributed by atoms with Crippen LogP contribution in [0.5, 0.6) is 0 Å². The summed E-state index contributed by atoms with van der Waals surface area (Å²) in [6, 6.07) is 11.5. The largest absolute Gasteiger partial charge is 0.344 e. The van der Waals surface area contributed by atoms with Crippen LogP contribution in [0.15, 0.2) is 42.5 Å². The van der Waals surface area contributed by atoms with Crippen molar-refractivity contribution in [3.8, 4) is 0 Å². The van der Waals surface area contributed by atoms with E-state index in [4.69, 9.17) is 12.2 Å². The number of fused-ring (bicyclic) bond motifs is 1. The number of thiocarbonyl (C=S) groups is 1. The van der Waals surface area contributed by atoms with Crippen LogP contribution < -0.4 is 5.32 Å². The van der Waals surface area contributed by atoms with E-state index in [1.165, 1.54) is 11.1 Å². The summed E-state index contributed by atoms with van der Waals surface area (Å²) in [5.41, 5.74) is 2.60. The van der Waals surface area contributed by atoms with E-state index in [2.05, 4.69) is 17.4 Å². The van der Waals surface area contributed by atoms with Crippen molar-refractivity contribution in [1.29, 1.82) is 0 Å². The van der Waals surface area contributed by atoms with Gasteiger partial charge in [0.25, 0.3) is 0 Å². The van der Waals surface area contributed by atoms with Crippen LogP contribution in [0, 0.1) is 11.6 Å². The second kappa shape index (κ2) is 5.77. The van der Waals surface area contributed by atoms with E-state index in [1.807, 2.05) is 17.0 Å². The Morgan fingerprint density at radius 3 is 2.67 bits per heavy atom. The summed E-state index contributed by atoms with van der Waals surface area (Å²) in [4.78, 5) is 1.96. The third-order valence-electron chi connectivity index (χ3n) is 3.59. The molecular formula is C16H14F2N2S. The molecular weight excluding hydrogens is 290 g/mol. The number of rotatable bonds is 1. The topological polar surface area (TPSA) is 15.3 Å². The van der Waals surface area contributed by atoms with E-state index in [-0.39, 0.29) is 5.69 Å². The Morgan fingerprint density at radius 1 is 1.10 bits per heavy atom. The molecule has 3 rings (SSSR count). The molecule has 0 saturated heterocycles. The molecule has 0 unspecified atom stereocenters. The number of hydrogen-bond acceptors (Lipinski definition) is 1. The van der Waals surface area contributed by atoms with Gasteiger partial charge in [0.05, 0.1) is 5.69 Å². The van der Waals surface area contributed by atoms with Crippen molar-refractivity contribution in [1.82, 2.24) is 4.90 Å². The monoisotopic (exact) mass is 304 g/mol. The van der Waals surface area contributed by atoms with Gasteiger partial charge in [0.2, 0.25) is 0 Å².